The SMILES string of the molecule is Cc1cccc(-n2c(C[C@@H]3C(=O)N(C(C)C)c4ccccc43)nc3ccccc3c2=O)c1. The van der Waals surface area contributed by atoms with Gasteiger partial charge in [-0.15, -0.1) is 0 Å². The van der Waals surface area contributed by atoms with Crippen LogP contribution in [0.5, 0.6) is 0 Å². The highest BCUT2D eigenvalue weighted by Crippen LogP contribution is 2.40. The molecule has 0 fully saturated rings. The maximum absolute atomic E-state index is 13.6. The standard InChI is InChI=1S/C27H25N3O2/c1-17(2)29-24-14-7-5-11-20(24)22(27(29)32)16-25-28-23-13-6-4-12-21(23)26(31)30(25)19-10-8-9-18(3)15-19/h4-15,17,22H,16H2,1-3H3/t22-/m0/s1. The molecule has 0 radical (unpaired) electrons. The number of nitrogens with zero attached hydrogens (tertiary/aromatic N) is 3. The van der Waals surface area contributed by atoms with Gasteiger partial charge in [-0.05, 0) is 62.2 Å². The number of aromatic nitrogens is 2. The lowest BCUT2D eigenvalue weighted by molar-refractivity contribution is -0.119. The number of hydrogen-bond acceptors (Lipinski definition) is 3. The van der Waals surface area contributed by atoms with Crippen molar-refractivity contribution in [3.63, 3.8) is 0 Å². The normalized spacial score (nSPS) is 15.6. The Morgan fingerprint density at radius 2 is 1.69 bits per heavy atom. The summed E-state index contributed by atoms with van der Waals surface area (Å²) in [5.41, 5.74) is 4.29. The van der Waals surface area contributed by atoms with Crippen LogP contribution in [0.25, 0.3) is 16.6 Å². The molecule has 2 heterocycles. The van der Waals surface area contributed by atoms with Crippen LogP contribution >= 0.6 is 0 Å². The van der Waals surface area contributed by atoms with Crippen LogP contribution in [0.3, 0.4) is 0 Å². The number of para-hydroxylation sites is 2. The fourth-order valence-electron chi connectivity index (χ4n) is 4.68. The molecule has 1 aliphatic heterocycles. The summed E-state index contributed by atoms with van der Waals surface area (Å²) in [6, 6.07) is 23.2. The van der Waals surface area contributed by atoms with E-state index >= 15 is 0 Å². The van der Waals surface area contributed by atoms with Crippen molar-refractivity contribution in [2.24, 2.45) is 0 Å². The topological polar surface area (TPSA) is 55.2 Å². The monoisotopic (exact) mass is 423 g/mol. The quantitative estimate of drug-likeness (QED) is 0.475. The van der Waals surface area contributed by atoms with Crippen LogP contribution in [0, 0.1) is 6.92 Å². The molecule has 160 valence electrons. The molecule has 5 nitrogen and oxygen atoms in total. The van der Waals surface area contributed by atoms with Crippen LogP contribution in [0.15, 0.2) is 77.6 Å². The maximum atomic E-state index is 13.6. The van der Waals surface area contributed by atoms with Gasteiger partial charge in [0.2, 0.25) is 5.91 Å². The molecule has 4 aromatic rings. The second-order valence-corrected chi connectivity index (χ2v) is 8.64. The number of aryl methyl sites for hydroxylation is 1. The summed E-state index contributed by atoms with van der Waals surface area (Å²) >= 11 is 0. The van der Waals surface area contributed by atoms with Crippen molar-refractivity contribution in [3.8, 4) is 5.69 Å². The summed E-state index contributed by atoms with van der Waals surface area (Å²) in [6.07, 6.45) is 0.354. The number of anilines is 1. The number of carbonyl (C=O) groups is 1. The van der Waals surface area contributed by atoms with Gasteiger partial charge in [-0.3, -0.25) is 14.2 Å². The van der Waals surface area contributed by atoms with Gasteiger partial charge < -0.3 is 4.90 Å². The van der Waals surface area contributed by atoms with Gasteiger partial charge in [0.1, 0.15) is 5.82 Å². The van der Waals surface area contributed by atoms with Crippen molar-refractivity contribution in [2.45, 2.75) is 39.2 Å². The molecule has 0 N–H and O–H groups in total. The molecule has 0 saturated carbocycles. The summed E-state index contributed by atoms with van der Waals surface area (Å²) in [7, 11) is 0. The Hall–Kier alpha value is -3.73. The zero-order valence-electron chi connectivity index (χ0n) is 18.4. The molecule has 1 aliphatic rings. The number of hydrogen-bond donors (Lipinski definition) is 0. The number of amides is 1. The number of carbonyl (C=O) groups excluding carboxylic acids is 1. The van der Waals surface area contributed by atoms with Crippen LogP contribution in [0.1, 0.15) is 36.7 Å². The van der Waals surface area contributed by atoms with E-state index in [2.05, 4.69) is 0 Å². The number of fused-ring (bicyclic) bond motifs is 2. The summed E-state index contributed by atoms with van der Waals surface area (Å²) in [5.74, 6) is 0.273. The zero-order chi connectivity index (χ0) is 22.4. The van der Waals surface area contributed by atoms with Crippen LogP contribution < -0.4 is 10.5 Å². The first-order valence-corrected chi connectivity index (χ1v) is 11.0. The average molecular weight is 424 g/mol. The van der Waals surface area contributed by atoms with Gasteiger partial charge in [0.05, 0.1) is 22.5 Å². The Morgan fingerprint density at radius 1 is 0.938 bits per heavy atom. The molecule has 0 spiro atoms. The minimum Gasteiger partial charge on any atom is -0.309 e. The largest absolute Gasteiger partial charge is 0.309 e. The highest BCUT2D eigenvalue weighted by atomic mass is 16.2. The van der Waals surface area contributed by atoms with Crippen LogP contribution in [0.4, 0.5) is 5.69 Å². The fourth-order valence-corrected chi connectivity index (χ4v) is 4.68. The zero-order valence-corrected chi connectivity index (χ0v) is 18.4. The van der Waals surface area contributed by atoms with Gasteiger partial charge >= 0.3 is 0 Å². The lowest BCUT2D eigenvalue weighted by atomic mass is 9.96. The van der Waals surface area contributed by atoms with Gasteiger partial charge in [-0.2, -0.15) is 0 Å². The Morgan fingerprint density at radius 3 is 2.47 bits per heavy atom. The average Bonchev–Trinajstić information content (AvgIpc) is 3.05. The van der Waals surface area contributed by atoms with Gasteiger partial charge in [0.15, 0.2) is 0 Å². The van der Waals surface area contributed by atoms with Gasteiger partial charge in [0, 0.05) is 18.2 Å². The van der Waals surface area contributed by atoms with E-state index in [1.54, 1.807) is 10.6 Å². The minimum atomic E-state index is -0.377. The first-order valence-electron chi connectivity index (χ1n) is 11.0. The summed E-state index contributed by atoms with van der Waals surface area (Å²) < 4.78 is 1.67. The van der Waals surface area contributed by atoms with Gasteiger partial charge in [-0.1, -0.05) is 42.5 Å². The third-order valence-electron chi connectivity index (χ3n) is 6.12. The van der Waals surface area contributed by atoms with E-state index in [9.17, 15) is 9.59 Å². The molecule has 0 saturated heterocycles. The summed E-state index contributed by atoms with van der Waals surface area (Å²) in [4.78, 5) is 33.8. The second-order valence-electron chi connectivity index (χ2n) is 8.64. The molecular formula is C27H25N3O2. The molecule has 0 unspecified atom stereocenters. The molecule has 5 rings (SSSR count). The van der Waals surface area contributed by atoms with Crippen molar-refractivity contribution >= 4 is 22.5 Å². The predicted molar refractivity (Wildman–Crippen MR) is 128 cm³/mol. The van der Waals surface area contributed by atoms with Gasteiger partial charge in [-0.25, -0.2) is 4.98 Å². The summed E-state index contributed by atoms with van der Waals surface area (Å²) in [6.45, 7) is 6.04. The lowest BCUT2D eigenvalue weighted by Crippen LogP contribution is -2.36. The van der Waals surface area contributed by atoms with Crippen molar-refractivity contribution in [3.05, 3.63) is 100 Å². The Labute approximate surface area is 187 Å². The fraction of sp³-hybridized carbons (Fsp3) is 0.222. The molecule has 1 aromatic heterocycles. The highest BCUT2D eigenvalue weighted by molar-refractivity contribution is 6.05. The summed E-state index contributed by atoms with van der Waals surface area (Å²) in [5, 5.41) is 0.569. The second kappa shape index (κ2) is 7.75. The van der Waals surface area contributed by atoms with E-state index in [1.807, 2.05) is 92.4 Å². The molecule has 0 aliphatic carbocycles. The van der Waals surface area contributed by atoms with Gasteiger partial charge in [0.25, 0.3) is 5.56 Å². The Kier molecular flexibility index (Phi) is 4.89. The first kappa shape index (κ1) is 20.2. The minimum absolute atomic E-state index is 0.0529. The third-order valence-corrected chi connectivity index (χ3v) is 6.12. The molecule has 3 aromatic carbocycles. The van der Waals surface area contributed by atoms with Crippen molar-refractivity contribution in [2.75, 3.05) is 4.90 Å². The van der Waals surface area contributed by atoms with Crippen molar-refractivity contribution < 1.29 is 4.79 Å². The van der Waals surface area contributed by atoms with E-state index < -0.39 is 0 Å². The third kappa shape index (κ3) is 3.21. The molecule has 1 amide bonds. The maximum Gasteiger partial charge on any atom is 0.265 e. The molecule has 1 atom stereocenters. The molecule has 0 bridgehead atoms. The van der Waals surface area contributed by atoms with E-state index in [1.165, 1.54) is 0 Å². The number of rotatable bonds is 4. The van der Waals surface area contributed by atoms with E-state index in [0.717, 1.165) is 22.5 Å². The Balaban J connectivity index is 1.71. The van der Waals surface area contributed by atoms with E-state index in [0.29, 0.717) is 23.1 Å². The first-order chi connectivity index (χ1) is 15.5. The Bertz CT molecular complexity index is 1400. The molecular weight excluding hydrogens is 398 g/mol. The predicted octanol–water partition coefficient (Wildman–Crippen LogP) is 4.78. The molecule has 5 heteroatoms. The van der Waals surface area contributed by atoms with E-state index in [-0.39, 0.29) is 23.4 Å². The molecule has 32 heavy (non-hydrogen) atoms. The smallest absolute Gasteiger partial charge is 0.265 e. The van der Waals surface area contributed by atoms with Crippen LogP contribution in [-0.2, 0) is 11.2 Å². The van der Waals surface area contributed by atoms with Crippen LogP contribution in [0.2, 0.25) is 0 Å². The van der Waals surface area contributed by atoms with Crippen molar-refractivity contribution in [1.82, 2.24) is 9.55 Å². The van der Waals surface area contributed by atoms with Crippen LogP contribution in [-0.4, -0.2) is 21.5 Å². The lowest BCUT2D eigenvalue weighted by Gasteiger charge is -2.22. The number of benzene rings is 3. The van der Waals surface area contributed by atoms with E-state index in [4.69, 9.17) is 4.98 Å². The highest BCUT2D eigenvalue weighted by Gasteiger charge is 2.39. The van der Waals surface area contributed by atoms with Crippen molar-refractivity contribution in [1.29, 1.82) is 0 Å².